The number of aliphatic hydroxyl groups is 1. The molecule has 110 valence electrons. The molecule has 1 N–H and O–H groups in total. The van der Waals surface area contributed by atoms with Crippen molar-refractivity contribution in [1.82, 2.24) is 0 Å². The zero-order chi connectivity index (χ0) is 14.5. The standard InChI is InChI=1S/C12H14F6O/c13-11(14,15)10(19,12(16,17)18)6-9-5-7-1-3-8(9)4-2-7/h1,3,7-9,19H,2,4-6H2. The first kappa shape index (κ1) is 14.7. The Morgan fingerprint density at radius 2 is 1.53 bits per heavy atom. The molecule has 3 aliphatic carbocycles. The summed E-state index contributed by atoms with van der Waals surface area (Å²) in [7, 11) is 0. The molecule has 3 aliphatic rings. The highest BCUT2D eigenvalue weighted by Gasteiger charge is 2.70. The minimum absolute atomic E-state index is 0.0423. The van der Waals surface area contributed by atoms with E-state index in [9.17, 15) is 31.4 Å². The van der Waals surface area contributed by atoms with Crippen LogP contribution < -0.4 is 0 Å². The molecule has 3 unspecified atom stereocenters. The topological polar surface area (TPSA) is 20.2 Å². The number of alkyl halides is 6. The van der Waals surface area contributed by atoms with Crippen molar-refractivity contribution in [2.24, 2.45) is 17.8 Å². The second-order valence-electron chi connectivity index (χ2n) is 5.44. The van der Waals surface area contributed by atoms with Crippen LogP contribution in [0.15, 0.2) is 12.2 Å². The molecule has 0 heterocycles. The predicted molar refractivity (Wildman–Crippen MR) is 55.1 cm³/mol. The number of hydrogen-bond acceptors (Lipinski definition) is 1. The molecule has 0 aromatic heterocycles. The van der Waals surface area contributed by atoms with E-state index in [4.69, 9.17) is 0 Å². The van der Waals surface area contributed by atoms with E-state index >= 15 is 0 Å². The third-order valence-corrected chi connectivity index (χ3v) is 4.21. The van der Waals surface area contributed by atoms with Gasteiger partial charge in [-0.05, 0) is 43.4 Å². The molecule has 3 atom stereocenters. The molecule has 0 aromatic carbocycles. The summed E-state index contributed by atoms with van der Waals surface area (Å²) in [6.07, 6.45) is -7.48. The van der Waals surface area contributed by atoms with E-state index < -0.39 is 30.3 Å². The summed E-state index contributed by atoms with van der Waals surface area (Å²) in [6, 6.07) is 0. The molecule has 1 nitrogen and oxygen atoms in total. The molecule has 7 heteroatoms. The van der Waals surface area contributed by atoms with Gasteiger partial charge in [0.05, 0.1) is 0 Å². The van der Waals surface area contributed by atoms with Crippen molar-refractivity contribution < 1.29 is 31.4 Å². The molecule has 0 saturated heterocycles. The van der Waals surface area contributed by atoms with Gasteiger partial charge in [0.15, 0.2) is 0 Å². The Morgan fingerprint density at radius 3 is 1.84 bits per heavy atom. The number of hydrogen-bond donors (Lipinski definition) is 1. The second kappa shape index (κ2) is 4.40. The van der Waals surface area contributed by atoms with Gasteiger partial charge < -0.3 is 5.11 Å². The third-order valence-electron chi connectivity index (χ3n) is 4.21. The van der Waals surface area contributed by atoms with Gasteiger partial charge in [-0.3, -0.25) is 0 Å². The lowest BCUT2D eigenvalue weighted by Gasteiger charge is -2.42. The van der Waals surface area contributed by atoms with Crippen LogP contribution in [0.3, 0.4) is 0 Å². The van der Waals surface area contributed by atoms with Crippen LogP contribution in [0.1, 0.15) is 25.7 Å². The lowest BCUT2D eigenvalue weighted by molar-refractivity contribution is -0.373. The fraction of sp³-hybridized carbons (Fsp3) is 0.833. The molecule has 0 amide bonds. The van der Waals surface area contributed by atoms with Crippen LogP contribution in [0.25, 0.3) is 0 Å². The van der Waals surface area contributed by atoms with Crippen molar-refractivity contribution in [3.8, 4) is 0 Å². The van der Waals surface area contributed by atoms with Crippen LogP contribution in [0.5, 0.6) is 0 Å². The Kier molecular flexibility index (Phi) is 3.40. The zero-order valence-corrected chi connectivity index (χ0v) is 9.93. The van der Waals surface area contributed by atoms with Crippen molar-refractivity contribution >= 4 is 0 Å². The van der Waals surface area contributed by atoms with E-state index in [-0.39, 0.29) is 18.3 Å². The Labute approximate surface area is 106 Å². The molecule has 0 aliphatic heterocycles. The maximum atomic E-state index is 12.6. The minimum Gasteiger partial charge on any atom is -0.374 e. The highest BCUT2D eigenvalue weighted by Crippen LogP contribution is 2.51. The highest BCUT2D eigenvalue weighted by atomic mass is 19.4. The van der Waals surface area contributed by atoms with Crippen LogP contribution in [0, 0.1) is 17.8 Å². The number of rotatable bonds is 2. The van der Waals surface area contributed by atoms with Gasteiger partial charge in [-0.15, -0.1) is 0 Å². The minimum atomic E-state index is -5.70. The van der Waals surface area contributed by atoms with Gasteiger partial charge in [0, 0.05) is 0 Å². The van der Waals surface area contributed by atoms with Gasteiger partial charge in [-0.1, -0.05) is 12.2 Å². The Balaban J connectivity index is 2.21. The van der Waals surface area contributed by atoms with E-state index in [2.05, 4.69) is 0 Å². The summed E-state index contributed by atoms with van der Waals surface area (Å²) in [4.78, 5) is 0. The number of fused-ring (bicyclic) bond motifs is 2. The van der Waals surface area contributed by atoms with Crippen LogP contribution >= 0.6 is 0 Å². The first-order chi connectivity index (χ1) is 8.54. The largest absolute Gasteiger partial charge is 0.426 e. The van der Waals surface area contributed by atoms with Crippen LogP contribution in [0.4, 0.5) is 26.3 Å². The summed E-state index contributed by atoms with van der Waals surface area (Å²) >= 11 is 0. The van der Waals surface area contributed by atoms with E-state index in [1.165, 1.54) is 0 Å². The first-order valence-electron chi connectivity index (χ1n) is 6.09. The number of halogens is 6. The summed E-state index contributed by atoms with van der Waals surface area (Å²) in [6.45, 7) is 0. The van der Waals surface area contributed by atoms with E-state index in [1.807, 2.05) is 6.08 Å². The van der Waals surface area contributed by atoms with Gasteiger partial charge >= 0.3 is 12.4 Å². The average Bonchev–Trinajstić information content (AvgIpc) is 2.27. The highest BCUT2D eigenvalue weighted by molar-refractivity contribution is 5.08. The first-order valence-corrected chi connectivity index (χ1v) is 6.09. The summed E-state index contributed by atoms with van der Waals surface area (Å²) < 4.78 is 75.7. The Bertz CT molecular complexity index is 355. The average molecular weight is 288 g/mol. The monoisotopic (exact) mass is 288 g/mol. The van der Waals surface area contributed by atoms with Gasteiger partial charge in [-0.2, -0.15) is 26.3 Å². The Morgan fingerprint density at radius 1 is 0.947 bits per heavy atom. The summed E-state index contributed by atoms with van der Waals surface area (Å²) in [5.41, 5.74) is -4.60. The molecular formula is C12H14F6O. The molecule has 19 heavy (non-hydrogen) atoms. The quantitative estimate of drug-likeness (QED) is 0.604. The van der Waals surface area contributed by atoms with E-state index in [1.54, 1.807) is 6.08 Å². The van der Waals surface area contributed by atoms with E-state index in [0.29, 0.717) is 6.42 Å². The molecule has 0 radical (unpaired) electrons. The lowest BCUT2D eigenvalue weighted by Crippen LogP contribution is -2.58. The van der Waals surface area contributed by atoms with Gasteiger partial charge in [-0.25, -0.2) is 0 Å². The van der Waals surface area contributed by atoms with Crippen molar-refractivity contribution in [2.75, 3.05) is 0 Å². The molecular weight excluding hydrogens is 274 g/mol. The normalized spacial score (nSPS) is 31.8. The molecule has 2 bridgehead atoms. The summed E-state index contributed by atoms with van der Waals surface area (Å²) in [5, 5.41) is 9.19. The molecule has 0 aromatic rings. The zero-order valence-electron chi connectivity index (χ0n) is 9.93. The van der Waals surface area contributed by atoms with Gasteiger partial charge in [0.1, 0.15) is 0 Å². The van der Waals surface area contributed by atoms with Crippen LogP contribution in [-0.4, -0.2) is 23.1 Å². The Hall–Kier alpha value is -0.720. The second-order valence-corrected chi connectivity index (χ2v) is 5.44. The van der Waals surface area contributed by atoms with E-state index in [0.717, 1.165) is 6.42 Å². The fourth-order valence-electron chi connectivity index (χ4n) is 3.06. The lowest BCUT2D eigenvalue weighted by atomic mass is 9.66. The maximum Gasteiger partial charge on any atom is 0.426 e. The molecule has 1 fully saturated rings. The number of allylic oxidation sites excluding steroid dienone is 2. The van der Waals surface area contributed by atoms with Crippen LogP contribution in [0.2, 0.25) is 0 Å². The molecule has 3 rings (SSSR count). The van der Waals surface area contributed by atoms with Gasteiger partial charge in [0.2, 0.25) is 0 Å². The van der Waals surface area contributed by atoms with Crippen molar-refractivity contribution in [2.45, 2.75) is 43.6 Å². The fourth-order valence-corrected chi connectivity index (χ4v) is 3.06. The summed E-state index contributed by atoms with van der Waals surface area (Å²) in [5.74, 6) is -1.01. The van der Waals surface area contributed by atoms with Crippen LogP contribution in [-0.2, 0) is 0 Å². The third kappa shape index (κ3) is 2.49. The van der Waals surface area contributed by atoms with Crippen molar-refractivity contribution in [3.63, 3.8) is 0 Å². The SMILES string of the molecule is OC(CC1CC2C=CC1CC2)(C(F)(F)F)C(F)(F)F. The molecule has 0 spiro atoms. The maximum absolute atomic E-state index is 12.6. The predicted octanol–water partition coefficient (Wildman–Crippen LogP) is 3.83. The molecule has 1 saturated carbocycles. The van der Waals surface area contributed by atoms with Gasteiger partial charge in [0.25, 0.3) is 5.60 Å². The smallest absolute Gasteiger partial charge is 0.374 e. The van der Waals surface area contributed by atoms with Crippen molar-refractivity contribution in [1.29, 1.82) is 0 Å². The van der Waals surface area contributed by atoms with Crippen molar-refractivity contribution in [3.05, 3.63) is 12.2 Å².